The van der Waals surface area contributed by atoms with Crippen molar-refractivity contribution in [3.05, 3.63) is 107 Å². The maximum Gasteiger partial charge on any atom is 0.446 e. The zero-order chi connectivity index (χ0) is 26.1. The molecule has 0 saturated heterocycles. The molecule has 4 rings (SSSR count). The molecule has 2 atom stereocenters. The van der Waals surface area contributed by atoms with Gasteiger partial charge in [0.15, 0.2) is 0 Å². The first-order chi connectivity index (χ1) is 16.9. The first-order valence-corrected chi connectivity index (χ1v) is 11.6. The van der Waals surface area contributed by atoms with Gasteiger partial charge in [0.25, 0.3) is 5.91 Å². The Hall–Kier alpha value is -3.40. The summed E-state index contributed by atoms with van der Waals surface area (Å²) in [5.41, 5.74) is -3.69. The summed E-state index contributed by atoms with van der Waals surface area (Å²) in [5.74, 6) is -0.503. The van der Waals surface area contributed by atoms with Crippen LogP contribution in [0.25, 0.3) is 0 Å². The van der Waals surface area contributed by atoms with E-state index in [1.54, 1.807) is 12.1 Å². The van der Waals surface area contributed by atoms with Gasteiger partial charge in [0, 0.05) is 16.6 Å². The van der Waals surface area contributed by atoms with Crippen molar-refractivity contribution in [1.82, 2.24) is 5.32 Å². The van der Waals surface area contributed by atoms with Crippen molar-refractivity contribution in [1.29, 1.82) is 0 Å². The molecule has 1 N–H and O–H groups in total. The highest BCUT2D eigenvalue weighted by atomic mass is 32.2. The number of carbonyl (C=O) groups is 1. The number of hydrogen-bond acceptors (Lipinski definition) is 3. The van der Waals surface area contributed by atoms with Crippen LogP contribution in [-0.2, 0) is 11.0 Å². The van der Waals surface area contributed by atoms with Crippen molar-refractivity contribution < 1.29 is 31.1 Å². The lowest BCUT2D eigenvalue weighted by Gasteiger charge is -2.26. The molecule has 0 aromatic heterocycles. The summed E-state index contributed by atoms with van der Waals surface area (Å²) in [7, 11) is 0. The largest absolute Gasteiger partial charge is 0.446 e. The minimum absolute atomic E-state index is 0.0627. The Bertz CT molecular complexity index is 1260. The van der Waals surface area contributed by atoms with E-state index in [9.17, 15) is 31.1 Å². The van der Waals surface area contributed by atoms with E-state index in [2.05, 4.69) is 5.32 Å². The smallest absolute Gasteiger partial charge is 0.374 e. The minimum atomic E-state index is -4.55. The van der Waals surface area contributed by atoms with Gasteiger partial charge in [-0.25, -0.2) is 0 Å². The maximum atomic E-state index is 13.4. The van der Waals surface area contributed by atoms with Gasteiger partial charge in [0.2, 0.25) is 0 Å². The number of nitrogens with one attached hydrogen (secondary N) is 1. The molecule has 3 aromatic carbocycles. The molecule has 10 heteroatoms. The van der Waals surface area contributed by atoms with Crippen LogP contribution in [0.1, 0.15) is 35.7 Å². The first kappa shape index (κ1) is 25.7. The second-order valence-electron chi connectivity index (χ2n) is 8.14. The van der Waals surface area contributed by atoms with Gasteiger partial charge in [0.05, 0.1) is 17.3 Å². The fraction of sp³-hybridized carbons (Fsp3) is 0.192. The van der Waals surface area contributed by atoms with Crippen LogP contribution in [0.2, 0.25) is 0 Å². The van der Waals surface area contributed by atoms with Gasteiger partial charge in [-0.05, 0) is 72.3 Å². The molecule has 0 unspecified atom stereocenters. The Balaban J connectivity index is 1.71. The lowest BCUT2D eigenvalue weighted by atomic mass is 10.1. The molecule has 0 aliphatic carbocycles. The second-order valence-corrected chi connectivity index (χ2v) is 9.28. The number of thioether (sulfide) groups is 1. The average Bonchev–Trinajstić information content (AvgIpc) is 3.14. The van der Waals surface area contributed by atoms with Gasteiger partial charge in [0.1, 0.15) is 0 Å². The topological polar surface area (TPSA) is 32.3 Å². The summed E-state index contributed by atoms with van der Waals surface area (Å²) in [6.07, 6.45) is -2.97. The summed E-state index contributed by atoms with van der Waals surface area (Å²) < 4.78 is 78.0. The van der Waals surface area contributed by atoms with Crippen LogP contribution in [0.4, 0.5) is 32.0 Å². The Morgan fingerprint density at radius 1 is 0.889 bits per heavy atom. The number of halogens is 6. The van der Waals surface area contributed by atoms with Crippen LogP contribution < -0.4 is 10.2 Å². The third kappa shape index (κ3) is 5.87. The highest BCUT2D eigenvalue weighted by molar-refractivity contribution is 8.00. The van der Waals surface area contributed by atoms with Gasteiger partial charge >= 0.3 is 11.7 Å². The number of anilines is 1. The van der Waals surface area contributed by atoms with Crippen molar-refractivity contribution in [2.24, 2.45) is 0 Å². The van der Waals surface area contributed by atoms with Crippen molar-refractivity contribution in [3.8, 4) is 0 Å². The summed E-state index contributed by atoms with van der Waals surface area (Å²) in [6.45, 7) is 1.85. The van der Waals surface area contributed by atoms with Gasteiger partial charge in [-0.2, -0.15) is 26.3 Å². The molecule has 0 radical (unpaired) electrons. The Labute approximate surface area is 207 Å². The fourth-order valence-electron chi connectivity index (χ4n) is 3.96. The monoisotopic (exact) mass is 522 g/mol. The van der Waals surface area contributed by atoms with Gasteiger partial charge in [-0.15, -0.1) is 0 Å². The second kappa shape index (κ2) is 9.93. The van der Waals surface area contributed by atoms with E-state index in [0.29, 0.717) is 5.56 Å². The lowest BCUT2D eigenvalue weighted by molar-refractivity contribution is -0.137. The van der Waals surface area contributed by atoms with E-state index in [-0.39, 0.29) is 34.1 Å². The number of nitrogens with zero attached hydrogens (tertiary/aromatic N) is 1. The molecular formula is C26H20F6N2OS. The Morgan fingerprint density at radius 2 is 1.56 bits per heavy atom. The van der Waals surface area contributed by atoms with E-state index < -0.39 is 29.2 Å². The van der Waals surface area contributed by atoms with Crippen LogP contribution in [-0.4, -0.2) is 11.4 Å². The van der Waals surface area contributed by atoms with Gasteiger partial charge in [-0.3, -0.25) is 9.69 Å². The van der Waals surface area contributed by atoms with Crippen LogP contribution >= 0.6 is 11.8 Å². The number of rotatable bonds is 6. The average molecular weight is 523 g/mol. The summed E-state index contributed by atoms with van der Waals surface area (Å²) in [5, 5.41) is 3.14. The molecule has 36 heavy (non-hydrogen) atoms. The van der Waals surface area contributed by atoms with Crippen LogP contribution in [0.3, 0.4) is 0 Å². The molecule has 0 fully saturated rings. The van der Waals surface area contributed by atoms with Crippen molar-refractivity contribution in [2.45, 2.75) is 35.6 Å². The van der Waals surface area contributed by atoms with Crippen molar-refractivity contribution in [2.75, 3.05) is 4.90 Å². The number of carbonyl (C=O) groups excluding carboxylic acids is 1. The summed E-state index contributed by atoms with van der Waals surface area (Å²) in [4.78, 5) is 14.7. The molecule has 1 amide bonds. The third-order valence-corrected chi connectivity index (χ3v) is 6.35. The molecule has 0 bridgehead atoms. The van der Waals surface area contributed by atoms with E-state index in [1.807, 2.05) is 37.3 Å². The standard InChI is InChI=1S/C26H20F6N2OS/c1-16(17-6-3-2-4-7-17)33-22-15-23(18-8-5-9-21(14-18)36-26(30,31)32)34(24(22)35)20-12-10-19(11-13-20)25(27,28)29/h2-16,23,33H,1H3/t16-,23-/m1/s1. The highest BCUT2D eigenvalue weighted by Crippen LogP contribution is 2.41. The van der Waals surface area contributed by atoms with Gasteiger partial charge < -0.3 is 5.32 Å². The zero-order valence-corrected chi connectivity index (χ0v) is 19.6. The first-order valence-electron chi connectivity index (χ1n) is 10.8. The van der Waals surface area contributed by atoms with Crippen molar-refractivity contribution >= 4 is 23.4 Å². The number of benzene rings is 3. The van der Waals surface area contributed by atoms with E-state index >= 15 is 0 Å². The Kier molecular flexibility index (Phi) is 7.08. The molecule has 1 aliphatic rings. The normalized spacial score (nSPS) is 17.2. The quantitative estimate of drug-likeness (QED) is 0.267. The van der Waals surface area contributed by atoms with Crippen LogP contribution in [0, 0.1) is 0 Å². The number of hydrogen-bond donors (Lipinski definition) is 1. The SMILES string of the molecule is C[C@@H](NC1=C[C@H](c2cccc(SC(F)(F)F)c2)N(c2ccc(C(F)(F)F)cc2)C1=O)c1ccccc1. The van der Waals surface area contributed by atoms with Crippen LogP contribution in [0.5, 0.6) is 0 Å². The van der Waals surface area contributed by atoms with E-state index in [1.165, 1.54) is 35.2 Å². The van der Waals surface area contributed by atoms with Gasteiger partial charge in [-0.1, -0.05) is 42.5 Å². The van der Waals surface area contributed by atoms with Crippen molar-refractivity contribution in [3.63, 3.8) is 0 Å². The lowest BCUT2D eigenvalue weighted by Crippen LogP contribution is -2.33. The summed E-state index contributed by atoms with van der Waals surface area (Å²) in [6, 6.07) is 18.0. The molecule has 0 spiro atoms. The minimum Gasteiger partial charge on any atom is -0.374 e. The predicted molar refractivity (Wildman–Crippen MR) is 126 cm³/mol. The van der Waals surface area contributed by atoms with Crippen LogP contribution in [0.15, 0.2) is 95.5 Å². The molecule has 1 aliphatic heterocycles. The van der Waals surface area contributed by atoms with E-state index in [4.69, 9.17) is 0 Å². The number of amides is 1. The highest BCUT2D eigenvalue weighted by Gasteiger charge is 2.37. The predicted octanol–water partition coefficient (Wildman–Crippen LogP) is 7.64. The molecule has 3 aromatic rings. The molecule has 0 saturated carbocycles. The molecular weight excluding hydrogens is 502 g/mol. The zero-order valence-electron chi connectivity index (χ0n) is 18.8. The summed E-state index contributed by atoms with van der Waals surface area (Å²) >= 11 is -0.280. The molecule has 1 heterocycles. The molecule has 188 valence electrons. The maximum absolute atomic E-state index is 13.4. The Morgan fingerprint density at radius 3 is 2.17 bits per heavy atom. The molecule has 3 nitrogen and oxygen atoms in total. The van der Waals surface area contributed by atoms with E-state index in [0.717, 1.165) is 17.7 Å². The number of alkyl halides is 6. The third-order valence-electron chi connectivity index (χ3n) is 5.63. The fourth-order valence-corrected chi connectivity index (χ4v) is 4.57.